The van der Waals surface area contributed by atoms with Gasteiger partial charge in [0.2, 0.25) is 0 Å². The molecule has 0 aromatic heterocycles. The molecule has 0 bridgehead atoms. The summed E-state index contributed by atoms with van der Waals surface area (Å²) < 4.78 is 16.7. The predicted octanol–water partition coefficient (Wildman–Crippen LogP) is 15.8. The minimum absolute atomic E-state index is 0.106. The molecule has 1 atom stereocenters. The summed E-state index contributed by atoms with van der Waals surface area (Å²) in [5.41, 5.74) is 0. The highest BCUT2D eigenvalue weighted by molar-refractivity contribution is 5.71. The van der Waals surface area contributed by atoms with E-state index < -0.39 is 6.10 Å². The second-order valence-corrected chi connectivity index (χ2v) is 15.6. The van der Waals surface area contributed by atoms with Crippen molar-refractivity contribution in [2.45, 2.75) is 213 Å². The number of rotatable bonds is 42. The van der Waals surface area contributed by atoms with Crippen molar-refractivity contribution < 1.29 is 28.6 Å². The highest BCUT2D eigenvalue weighted by Crippen LogP contribution is 2.13. The van der Waals surface area contributed by atoms with Gasteiger partial charge < -0.3 is 14.2 Å². The maximum Gasteiger partial charge on any atom is 0.306 e. The lowest BCUT2D eigenvalue weighted by Crippen LogP contribution is -2.30. The Labute approximate surface area is 368 Å². The van der Waals surface area contributed by atoms with Crippen molar-refractivity contribution in [3.63, 3.8) is 0 Å². The Hall–Kier alpha value is -3.67. The predicted molar refractivity (Wildman–Crippen MR) is 256 cm³/mol. The van der Waals surface area contributed by atoms with Gasteiger partial charge in [-0.3, -0.25) is 14.4 Å². The van der Waals surface area contributed by atoms with Gasteiger partial charge in [-0.15, -0.1) is 0 Å². The van der Waals surface area contributed by atoms with Gasteiger partial charge in [-0.2, -0.15) is 0 Å². The monoisotopic (exact) mass is 833 g/mol. The Morgan fingerprint density at radius 2 is 0.717 bits per heavy atom. The summed E-state index contributed by atoms with van der Waals surface area (Å²) in [4.78, 5) is 37.8. The molecule has 0 aromatic rings. The summed E-state index contributed by atoms with van der Waals surface area (Å²) in [6.07, 6.45) is 62.5. The summed E-state index contributed by atoms with van der Waals surface area (Å²) in [5, 5.41) is 0. The minimum Gasteiger partial charge on any atom is -0.462 e. The quantitative estimate of drug-likeness (QED) is 0.0200. The van der Waals surface area contributed by atoms with Gasteiger partial charge in [-0.05, 0) is 103 Å². The van der Waals surface area contributed by atoms with Crippen LogP contribution < -0.4 is 0 Å². The van der Waals surface area contributed by atoms with Gasteiger partial charge in [0.15, 0.2) is 6.10 Å². The highest BCUT2D eigenvalue weighted by atomic mass is 16.6. The molecule has 0 rings (SSSR count). The summed E-state index contributed by atoms with van der Waals surface area (Å²) in [6.45, 7) is 6.29. The van der Waals surface area contributed by atoms with E-state index in [-0.39, 0.29) is 37.5 Å². The smallest absolute Gasteiger partial charge is 0.306 e. The number of ether oxygens (including phenoxy) is 3. The zero-order chi connectivity index (χ0) is 43.7. The lowest BCUT2D eigenvalue weighted by atomic mass is 10.1. The molecule has 0 amide bonds. The van der Waals surface area contributed by atoms with Crippen molar-refractivity contribution in [3.8, 4) is 0 Å². The molecule has 0 aliphatic rings. The lowest BCUT2D eigenvalue weighted by molar-refractivity contribution is -0.167. The fourth-order valence-corrected chi connectivity index (χ4v) is 6.23. The van der Waals surface area contributed by atoms with Gasteiger partial charge in [0.25, 0.3) is 0 Å². The van der Waals surface area contributed by atoms with Crippen LogP contribution in [-0.4, -0.2) is 37.2 Å². The minimum atomic E-state index is -0.809. The van der Waals surface area contributed by atoms with Crippen molar-refractivity contribution >= 4 is 17.9 Å². The number of esters is 3. The van der Waals surface area contributed by atoms with E-state index in [0.717, 1.165) is 109 Å². The van der Waals surface area contributed by atoms with Crippen molar-refractivity contribution in [1.82, 2.24) is 0 Å². The Kier molecular flexibility index (Phi) is 45.1. The molecule has 0 fully saturated rings. The van der Waals surface area contributed by atoms with Gasteiger partial charge in [0.05, 0.1) is 0 Å². The van der Waals surface area contributed by atoms with Crippen LogP contribution in [0.25, 0.3) is 0 Å². The molecule has 0 aliphatic heterocycles. The van der Waals surface area contributed by atoms with Crippen LogP contribution in [0.1, 0.15) is 207 Å². The summed E-state index contributed by atoms with van der Waals surface area (Å²) in [5.74, 6) is -0.994. The molecular formula is C54H88O6. The first kappa shape index (κ1) is 56.3. The first-order chi connectivity index (χ1) is 29.5. The van der Waals surface area contributed by atoms with E-state index in [1.807, 2.05) is 0 Å². The molecular weight excluding hydrogens is 745 g/mol. The zero-order valence-corrected chi connectivity index (χ0v) is 38.7. The highest BCUT2D eigenvalue weighted by Gasteiger charge is 2.19. The SMILES string of the molecule is CC/C=C\C/C=C\C/C=C\CCCCCCCCC(=O)OCC(COC(=O)CCC/C=C\C/C=C\C/C=C\CC)OC(=O)CCCCCCCC/C=C\C=C/CCCCC. The fourth-order valence-electron chi connectivity index (χ4n) is 6.23. The maximum atomic E-state index is 12.8. The number of hydrogen-bond donors (Lipinski definition) is 0. The third kappa shape index (κ3) is 45.4. The Morgan fingerprint density at radius 3 is 1.18 bits per heavy atom. The van der Waals surface area contributed by atoms with Crippen molar-refractivity contribution in [3.05, 3.63) is 97.2 Å². The maximum absolute atomic E-state index is 12.8. The van der Waals surface area contributed by atoms with E-state index in [1.165, 1.54) is 51.4 Å². The second kappa shape index (κ2) is 48.0. The molecule has 340 valence electrons. The van der Waals surface area contributed by atoms with Crippen LogP contribution in [0.15, 0.2) is 97.2 Å². The molecule has 0 aliphatic carbocycles. The molecule has 0 saturated heterocycles. The van der Waals surface area contributed by atoms with Crippen LogP contribution in [0.5, 0.6) is 0 Å². The van der Waals surface area contributed by atoms with Crippen LogP contribution in [0.2, 0.25) is 0 Å². The number of carbonyl (C=O) groups is 3. The standard InChI is InChI=1S/C54H88O6/c1-4-7-10-13-16-19-22-24-26-28-29-32-35-38-41-44-47-53(56)59-50-51(49-58-52(55)46-43-40-37-34-31-21-18-15-12-9-6-3)60-54(57)48-45-42-39-36-33-30-27-25-23-20-17-14-11-8-5-2/h7,9-10,12,16-21,23-26,34,37,51H,4-6,8,11,13-15,22,27-33,35-36,38-50H2,1-3H3/b10-7-,12-9-,19-16-,20-17-,21-18-,25-23-,26-24-,37-34-. The van der Waals surface area contributed by atoms with Crippen LogP contribution in [0, 0.1) is 0 Å². The average molecular weight is 833 g/mol. The van der Waals surface area contributed by atoms with Gasteiger partial charge in [0, 0.05) is 19.3 Å². The van der Waals surface area contributed by atoms with E-state index in [2.05, 4.69) is 118 Å². The first-order valence-electron chi connectivity index (χ1n) is 24.3. The number of unbranched alkanes of at least 4 members (excludes halogenated alkanes) is 16. The van der Waals surface area contributed by atoms with Crippen LogP contribution in [0.4, 0.5) is 0 Å². The normalized spacial score (nSPS) is 12.9. The summed E-state index contributed by atoms with van der Waals surface area (Å²) >= 11 is 0. The first-order valence-corrected chi connectivity index (χ1v) is 24.3. The average Bonchev–Trinajstić information content (AvgIpc) is 3.24. The van der Waals surface area contributed by atoms with Crippen molar-refractivity contribution in [2.24, 2.45) is 0 Å². The largest absolute Gasteiger partial charge is 0.462 e. The van der Waals surface area contributed by atoms with E-state index in [9.17, 15) is 14.4 Å². The molecule has 0 aromatic carbocycles. The molecule has 0 heterocycles. The van der Waals surface area contributed by atoms with E-state index in [4.69, 9.17) is 14.2 Å². The molecule has 1 unspecified atom stereocenters. The topological polar surface area (TPSA) is 78.9 Å². The van der Waals surface area contributed by atoms with E-state index in [1.54, 1.807) is 0 Å². The third-order valence-corrected chi connectivity index (χ3v) is 9.83. The number of allylic oxidation sites excluding steroid dienone is 16. The Balaban J connectivity index is 4.48. The fraction of sp³-hybridized carbons (Fsp3) is 0.648. The summed E-state index contributed by atoms with van der Waals surface area (Å²) in [7, 11) is 0. The van der Waals surface area contributed by atoms with E-state index in [0.29, 0.717) is 19.3 Å². The molecule has 0 radical (unpaired) electrons. The van der Waals surface area contributed by atoms with E-state index >= 15 is 0 Å². The lowest BCUT2D eigenvalue weighted by Gasteiger charge is -2.18. The molecule has 0 N–H and O–H groups in total. The molecule has 6 heteroatoms. The van der Waals surface area contributed by atoms with Crippen LogP contribution >= 0.6 is 0 Å². The number of hydrogen-bond acceptors (Lipinski definition) is 6. The Bertz CT molecular complexity index is 1230. The van der Waals surface area contributed by atoms with Crippen LogP contribution in [0.3, 0.4) is 0 Å². The van der Waals surface area contributed by atoms with Crippen molar-refractivity contribution in [2.75, 3.05) is 13.2 Å². The van der Waals surface area contributed by atoms with Gasteiger partial charge >= 0.3 is 17.9 Å². The van der Waals surface area contributed by atoms with Gasteiger partial charge in [0.1, 0.15) is 13.2 Å². The summed E-state index contributed by atoms with van der Waals surface area (Å²) in [6, 6.07) is 0. The molecule has 0 spiro atoms. The number of carbonyl (C=O) groups excluding carboxylic acids is 3. The third-order valence-electron chi connectivity index (χ3n) is 9.83. The second-order valence-electron chi connectivity index (χ2n) is 15.6. The van der Waals surface area contributed by atoms with Crippen molar-refractivity contribution in [1.29, 1.82) is 0 Å². The van der Waals surface area contributed by atoms with Gasteiger partial charge in [-0.25, -0.2) is 0 Å². The van der Waals surface area contributed by atoms with Gasteiger partial charge in [-0.1, -0.05) is 182 Å². The molecule has 60 heavy (non-hydrogen) atoms. The Morgan fingerprint density at radius 1 is 0.367 bits per heavy atom. The zero-order valence-electron chi connectivity index (χ0n) is 38.7. The molecule has 6 nitrogen and oxygen atoms in total. The van der Waals surface area contributed by atoms with Crippen LogP contribution in [-0.2, 0) is 28.6 Å². The molecule has 0 saturated carbocycles.